The van der Waals surface area contributed by atoms with E-state index in [4.69, 9.17) is 9.47 Å². The molecular formula is C14H12N2O3S. The standard InChI is InChI=1S/C14H12N2O3S/c1-9(13-3-2-6-20-13)15-16-14(17)10-4-5-11-12(7-10)19-8-18-11/h2-7H,8H2,1H3,(H,16,17)/b15-9-. The molecule has 0 saturated heterocycles. The van der Waals surface area contributed by atoms with Gasteiger partial charge in [0.1, 0.15) is 0 Å². The Kier molecular flexibility index (Phi) is 3.39. The fourth-order valence-corrected chi connectivity index (χ4v) is 2.45. The zero-order chi connectivity index (χ0) is 13.9. The minimum Gasteiger partial charge on any atom is -0.454 e. The molecule has 0 aliphatic carbocycles. The zero-order valence-electron chi connectivity index (χ0n) is 10.8. The molecule has 0 radical (unpaired) electrons. The highest BCUT2D eigenvalue weighted by Crippen LogP contribution is 2.32. The van der Waals surface area contributed by atoms with Gasteiger partial charge in [0, 0.05) is 10.4 Å². The van der Waals surface area contributed by atoms with Crippen molar-refractivity contribution in [2.24, 2.45) is 5.10 Å². The molecule has 2 heterocycles. The van der Waals surface area contributed by atoms with Gasteiger partial charge in [0.05, 0.1) is 5.71 Å². The van der Waals surface area contributed by atoms with Crippen LogP contribution in [0.4, 0.5) is 0 Å². The van der Waals surface area contributed by atoms with Crippen LogP contribution in [0.3, 0.4) is 0 Å². The molecule has 1 aliphatic heterocycles. The van der Waals surface area contributed by atoms with Crippen LogP contribution in [0.2, 0.25) is 0 Å². The number of hydrogen-bond donors (Lipinski definition) is 1. The lowest BCUT2D eigenvalue weighted by Crippen LogP contribution is -2.19. The summed E-state index contributed by atoms with van der Waals surface area (Å²) in [5.41, 5.74) is 3.79. The third-order valence-electron chi connectivity index (χ3n) is 2.84. The van der Waals surface area contributed by atoms with Gasteiger partial charge in [-0.15, -0.1) is 11.3 Å². The Morgan fingerprint density at radius 2 is 2.15 bits per heavy atom. The number of nitrogens with zero attached hydrogens (tertiary/aromatic N) is 1. The van der Waals surface area contributed by atoms with Crippen LogP contribution in [0.25, 0.3) is 0 Å². The second-order valence-electron chi connectivity index (χ2n) is 4.18. The highest BCUT2D eigenvalue weighted by molar-refractivity contribution is 7.12. The van der Waals surface area contributed by atoms with Crippen LogP contribution >= 0.6 is 11.3 Å². The number of nitrogens with one attached hydrogen (secondary N) is 1. The summed E-state index contributed by atoms with van der Waals surface area (Å²) in [6, 6.07) is 8.94. The zero-order valence-corrected chi connectivity index (χ0v) is 11.6. The van der Waals surface area contributed by atoms with Gasteiger partial charge in [-0.05, 0) is 36.6 Å². The summed E-state index contributed by atoms with van der Waals surface area (Å²) in [6.45, 7) is 2.04. The lowest BCUT2D eigenvalue weighted by molar-refractivity contribution is 0.0954. The fraction of sp³-hybridized carbons (Fsp3) is 0.143. The lowest BCUT2D eigenvalue weighted by Gasteiger charge is -2.02. The van der Waals surface area contributed by atoms with Crippen molar-refractivity contribution in [3.63, 3.8) is 0 Å². The molecular weight excluding hydrogens is 276 g/mol. The van der Waals surface area contributed by atoms with Crippen molar-refractivity contribution in [1.29, 1.82) is 0 Å². The second-order valence-corrected chi connectivity index (χ2v) is 5.13. The van der Waals surface area contributed by atoms with Crippen LogP contribution in [0.1, 0.15) is 22.2 Å². The summed E-state index contributed by atoms with van der Waals surface area (Å²) in [5.74, 6) is 0.954. The highest BCUT2D eigenvalue weighted by atomic mass is 32.1. The maximum Gasteiger partial charge on any atom is 0.271 e. The number of thiophene rings is 1. The number of carbonyl (C=O) groups is 1. The van der Waals surface area contributed by atoms with E-state index in [0.29, 0.717) is 17.1 Å². The van der Waals surface area contributed by atoms with Crippen LogP contribution in [0.15, 0.2) is 40.8 Å². The number of rotatable bonds is 3. The quantitative estimate of drug-likeness (QED) is 0.697. The summed E-state index contributed by atoms with van der Waals surface area (Å²) in [7, 11) is 0. The molecule has 1 N–H and O–H groups in total. The Balaban J connectivity index is 1.72. The first-order chi connectivity index (χ1) is 9.74. The Bertz CT molecular complexity index is 665. The van der Waals surface area contributed by atoms with Crippen molar-refractivity contribution in [3.8, 4) is 11.5 Å². The Hall–Kier alpha value is -2.34. The summed E-state index contributed by atoms with van der Waals surface area (Å²) in [6.07, 6.45) is 0. The molecule has 1 amide bonds. The molecule has 0 atom stereocenters. The minimum absolute atomic E-state index is 0.191. The van der Waals surface area contributed by atoms with Gasteiger partial charge >= 0.3 is 0 Å². The van der Waals surface area contributed by atoms with Crippen LogP contribution in [0, 0.1) is 0 Å². The summed E-state index contributed by atoms with van der Waals surface area (Å²) in [5, 5.41) is 6.06. The van der Waals surface area contributed by atoms with Crippen molar-refractivity contribution < 1.29 is 14.3 Å². The van der Waals surface area contributed by atoms with E-state index < -0.39 is 0 Å². The van der Waals surface area contributed by atoms with Crippen LogP contribution in [-0.2, 0) is 0 Å². The van der Waals surface area contributed by atoms with Gasteiger partial charge in [-0.2, -0.15) is 5.10 Å². The van der Waals surface area contributed by atoms with E-state index in [1.807, 2.05) is 24.4 Å². The molecule has 1 aromatic carbocycles. The van der Waals surface area contributed by atoms with Gasteiger partial charge in [0.2, 0.25) is 6.79 Å². The van der Waals surface area contributed by atoms with Gasteiger partial charge in [-0.3, -0.25) is 4.79 Å². The van der Waals surface area contributed by atoms with E-state index in [2.05, 4.69) is 10.5 Å². The molecule has 0 unspecified atom stereocenters. The number of hydrogen-bond acceptors (Lipinski definition) is 5. The first kappa shape index (κ1) is 12.7. The topological polar surface area (TPSA) is 59.9 Å². The molecule has 6 heteroatoms. The number of hydrazone groups is 1. The maximum absolute atomic E-state index is 12.0. The summed E-state index contributed by atoms with van der Waals surface area (Å²) >= 11 is 1.58. The summed E-state index contributed by atoms with van der Waals surface area (Å²) < 4.78 is 10.4. The van der Waals surface area contributed by atoms with Gasteiger partial charge in [0.25, 0.3) is 5.91 Å². The normalized spacial score (nSPS) is 13.3. The molecule has 20 heavy (non-hydrogen) atoms. The maximum atomic E-state index is 12.0. The Morgan fingerprint density at radius 1 is 1.30 bits per heavy atom. The molecule has 1 aromatic heterocycles. The molecule has 0 saturated carbocycles. The molecule has 0 bridgehead atoms. The number of amides is 1. The van der Waals surface area contributed by atoms with Crippen LogP contribution in [0.5, 0.6) is 11.5 Å². The number of fused-ring (bicyclic) bond motifs is 1. The minimum atomic E-state index is -0.279. The smallest absolute Gasteiger partial charge is 0.271 e. The van der Waals surface area contributed by atoms with E-state index in [-0.39, 0.29) is 12.7 Å². The fourth-order valence-electron chi connectivity index (χ4n) is 1.78. The molecule has 102 valence electrons. The number of ether oxygens (including phenoxy) is 2. The Morgan fingerprint density at radius 3 is 2.95 bits per heavy atom. The molecule has 0 fully saturated rings. The van der Waals surface area contributed by atoms with E-state index in [1.54, 1.807) is 29.5 Å². The number of benzene rings is 1. The third-order valence-corrected chi connectivity index (χ3v) is 3.82. The van der Waals surface area contributed by atoms with E-state index >= 15 is 0 Å². The molecule has 1 aliphatic rings. The van der Waals surface area contributed by atoms with E-state index in [1.165, 1.54) is 0 Å². The third kappa shape index (κ3) is 2.50. The van der Waals surface area contributed by atoms with Gasteiger partial charge in [0.15, 0.2) is 11.5 Å². The number of carbonyl (C=O) groups excluding carboxylic acids is 1. The largest absolute Gasteiger partial charge is 0.454 e. The van der Waals surface area contributed by atoms with Crippen molar-refractivity contribution >= 4 is 23.0 Å². The van der Waals surface area contributed by atoms with Crippen molar-refractivity contribution in [2.45, 2.75) is 6.92 Å². The first-order valence-electron chi connectivity index (χ1n) is 6.02. The second kappa shape index (κ2) is 5.34. The van der Waals surface area contributed by atoms with Crippen molar-refractivity contribution in [1.82, 2.24) is 5.43 Å². The predicted octanol–water partition coefficient (Wildman–Crippen LogP) is 2.63. The lowest BCUT2D eigenvalue weighted by atomic mass is 10.2. The molecule has 0 spiro atoms. The average Bonchev–Trinajstić information content (AvgIpc) is 3.13. The van der Waals surface area contributed by atoms with Crippen molar-refractivity contribution in [2.75, 3.05) is 6.79 Å². The summed E-state index contributed by atoms with van der Waals surface area (Å²) in [4.78, 5) is 13.0. The van der Waals surface area contributed by atoms with Crippen LogP contribution < -0.4 is 14.9 Å². The Labute approximate surface area is 119 Å². The van der Waals surface area contributed by atoms with Gasteiger partial charge in [-0.25, -0.2) is 5.43 Å². The monoisotopic (exact) mass is 288 g/mol. The van der Waals surface area contributed by atoms with E-state index in [0.717, 1.165) is 10.6 Å². The SMILES string of the molecule is C/C(=N/NC(=O)c1ccc2c(c1)OCO2)c1cccs1. The van der Waals surface area contributed by atoms with Crippen molar-refractivity contribution in [3.05, 3.63) is 46.2 Å². The highest BCUT2D eigenvalue weighted by Gasteiger charge is 2.16. The molecule has 5 nitrogen and oxygen atoms in total. The van der Waals surface area contributed by atoms with Gasteiger partial charge < -0.3 is 9.47 Å². The van der Waals surface area contributed by atoms with Crippen LogP contribution in [-0.4, -0.2) is 18.4 Å². The molecule has 3 rings (SSSR count). The van der Waals surface area contributed by atoms with Gasteiger partial charge in [-0.1, -0.05) is 6.07 Å². The first-order valence-corrected chi connectivity index (χ1v) is 6.90. The predicted molar refractivity (Wildman–Crippen MR) is 76.6 cm³/mol. The average molecular weight is 288 g/mol. The van der Waals surface area contributed by atoms with E-state index in [9.17, 15) is 4.79 Å². The molecule has 2 aromatic rings.